The van der Waals surface area contributed by atoms with Gasteiger partial charge in [-0.2, -0.15) is 0 Å². The molecule has 2 amide bonds. The molecular weight excluding hydrogens is 364 g/mol. The van der Waals surface area contributed by atoms with Crippen molar-refractivity contribution in [1.29, 1.82) is 0 Å². The second-order valence-corrected chi connectivity index (χ2v) is 8.91. The zero-order valence-electron chi connectivity index (χ0n) is 18.1. The first-order valence-corrected chi connectivity index (χ1v) is 11.0. The number of nitrogens with one attached hydrogen (secondary N) is 2. The molecule has 3 rings (SSSR count). The van der Waals surface area contributed by atoms with Crippen LogP contribution in [-0.2, 0) is 9.59 Å². The molecule has 0 unspecified atom stereocenters. The maximum Gasteiger partial charge on any atom is 0.238 e. The Kier molecular flexibility index (Phi) is 7.67. The highest BCUT2D eigenvalue weighted by Crippen LogP contribution is 2.29. The summed E-state index contributed by atoms with van der Waals surface area (Å²) in [5, 5.41) is 6.22. The molecule has 6 nitrogen and oxygen atoms in total. The van der Waals surface area contributed by atoms with Gasteiger partial charge < -0.3 is 10.6 Å². The third kappa shape index (κ3) is 6.54. The van der Waals surface area contributed by atoms with Crippen LogP contribution in [0.2, 0.25) is 0 Å². The number of piperazine rings is 1. The van der Waals surface area contributed by atoms with E-state index in [9.17, 15) is 9.59 Å². The highest BCUT2D eigenvalue weighted by molar-refractivity contribution is 5.92. The van der Waals surface area contributed by atoms with Crippen LogP contribution in [0.15, 0.2) is 24.3 Å². The predicted molar refractivity (Wildman–Crippen MR) is 117 cm³/mol. The summed E-state index contributed by atoms with van der Waals surface area (Å²) in [5.41, 5.74) is 2.01. The maximum absolute atomic E-state index is 12.5. The summed E-state index contributed by atoms with van der Waals surface area (Å²) >= 11 is 0. The second-order valence-electron chi connectivity index (χ2n) is 8.91. The second kappa shape index (κ2) is 10.2. The van der Waals surface area contributed by atoms with Gasteiger partial charge in [-0.15, -0.1) is 0 Å². The van der Waals surface area contributed by atoms with Crippen LogP contribution in [0.1, 0.15) is 38.7 Å². The molecule has 0 aromatic heterocycles. The van der Waals surface area contributed by atoms with E-state index in [2.05, 4.69) is 34.3 Å². The van der Waals surface area contributed by atoms with Gasteiger partial charge in [0.1, 0.15) is 0 Å². The zero-order valence-corrected chi connectivity index (χ0v) is 18.1. The lowest BCUT2D eigenvalue weighted by Crippen LogP contribution is -2.52. The van der Waals surface area contributed by atoms with E-state index in [1.54, 1.807) is 0 Å². The normalized spacial score (nSPS) is 26.1. The average Bonchev–Trinajstić information content (AvgIpc) is 2.69. The largest absolute Gasteiger partial charge is 0.352 e. The van der Waals surface area contributed by atoms with Gasteiger partial charge in [0, 0.05) is 37.9 Å². The average molecular weight is 401 g/mol. The maximum atomic E-state index is 12.5. The molecule has 3 atom stereocenters. The number of carbonyl (C=O) groups is 2. The molecule has 1 saturated heterocycles. The monoisotopic (exact) mass is 400 g/mol. The standard InChI is InChI=1S/C23H36N4O2/c1-17-7-9-20(10-8-17)24-22(28)15-26-11-13-27(14-12-26)16-23(29)25-21-6-4-5-18(2)19(21)3/h7-10,18-19,21H,4-6,11-16H2,1-3H3,(H,24,28)(H,25,29)/t18-,19-,21-/m1/s1. The Morgan fingerprint density at radius 3 is 2.14 bits per heavy atom. The highest BCUT2D eigenvalue weighted by Gasteiger charge is 2.29. The molecule has 1 heterocycles. The fraction of sp³-hybridized carbons (Fsp3) is 0.652. The number of aryl methyl sites for hydroxylation is 1. The van der Waals surface area contributed by atoms with Gasteiger partial charge in [0.25, 0.3) is 0 Å². The molecule has 1 saturated carbocycles. The van der Waals surface area contributed by atoms with E-state index in [4.69, 9.17) is 0 Å². The van der Waals surface area contributed by atoms with Gasteiger partial charge >= 0.3 is 0 Å². The van der Waals surface area contributed by atoms with E-state index in [1.165, 1.54) is 18.4 Å². The van der Waals surface area contributed by atoms with E-state index in [0.29, 0.717) is 31.0 Å². The summed E-state index contributed by atoms with van der Waals surface area (Å²) in [4.78, 5) is 29.1. The Bertz CT molecular complexity index is 683. The molecule has 2 aliphatic rings. The molecule has 1 aliphatic carbocycles. The van der Waals surface area contributed by atoms with E-state index in [1.807, 2.05) is 31.2 Å². The molecular formula is C23H36N4O2. The van der Waals surface area contributed by atoms with Crippen LogP contribution in [0, 0.1) is 18.8 Å². The lowest BCUT2D eigenvalue weighted by Gasteiger charge is -2.36. The smallest absolute Gasteiger partial charge is 0.238 e. The van der Waals surface area contributed by atoms with Crippen molar-refractivity contribution in [1.82, 2.24) is 15.1 Å². The van der Waals surface area contributed by atoms with Crippen LogP contribution in [0.3, 0.4) is 0 Å². The first kappa shape index (κ1) is 21.8. The summed E-state index contributed by atoms with van der Waals surface area (Å²) < 4.78 is 0. The van der Waals surface area contributed by atoms with E-state index in [-0.39, 0.29) is 11.8 Å². The molecule has 2 N–H and O–H groups in total. The first-order valence-electron chi connectivity index (χ1n) is 11.0. The number of rotatable bonds is 6. The van der Waals surface area contributed by atoms with E-state index >= 15 is 0 Å². The van der Waals surface area contributed by atoms with Gasteiger partial charge in [-0.05, 0) is 37.3 Å². The number of carbonyl (C=O) groups excluding carboxylic acids is 2. The fourth-order valence-electron chi connectivity index (χ4n) is 4.39. The molecule has 0 spiro atoms. The van der Waals surface area contributed by atoms with Crippen molar-refractivity contribution in [2.45, 2.75) is 46.1 Å². The van der Waals surface area contributed by atoms with Crippen LogP contribution < -0.4 is 10.6 Å². The summed E-state index contributed by atoms with van der Waals surface area (Å²) in [7, 11) is 0. The van der Waals surface area contributed by atoms with Gasteiger partial charge in [0.2, 0.25) is 11.8 Å². The summed E-state index contributed by atoms with van der Waals surface area (Å²) in [6.45, 7) is 10.7. The summed E-state index contributed by atoms with van der Waals surface area (Å²) in [6.07, 6.45) is 3.58. The van der Waals surface area contributed by atoms with Crippen molar-refractivity contribution in [3.8, 4) is 0 Å². The number of hydrogen-bond donors (Lipinski definition) is 2. The van der Waals surface area contributed by atoms with Crippen molar-refractivity contribution in [3.63, 3.8) is 0 Å². The van der Waals surface area contributed by atoms with Crippen LogP contribution in [0.5, 0.6) is 0 Å². The SMILES string of the molecule is Cc1ccc(NC(=O)CN2CCN(CC(=O)N[C@@H]3CCC[C@@H](C)[C@H]3C)CC2)cc1. The third-order valence-corrected chi connectivity index (χ3v) is 6.59. The number of amides is 2. The van der Waals surface area contributed by atoms with Gasteiger partial charge in [0.05, 0.1) is 13.1 Å². The quantitative estimate of drug-likeness (QED) is 0.770. The zero-order chi connectivity index (χ0) is 20.8. The lowest BCUT2D eigenvalue weighted by atomic mass is 9.78. The van der Waals surface area contributed by atoms with Gasteiger partial charge in [-0.1, -0.05) is 44.4 Å². The highest BCUT2D eigenvalue weighted by atomic mass is 16.2. The molecule has 6 heteroatoms. The molecule has 160 valence electrons. The van der Waals surface area contributed by atoms with Gasteiger partial charge in [0.15, 0.2) is 0 Å². The lowest BCUT2D eigenvalue weighted by molar-refractivity contribution is -0.124. The van der Waals surface area contributed by atoms with E-state index < -0.39 is 0 Å². The predicted octanol–water partition coefficient (Wildman–Crippen LogP) is 2.49. The molecule has 2 fully saturated rings. The van der Waals surface area contributed by atoms with Crippen molar-refractivity contribution in [2.24, 2.45) is 11.8 Å². The van der Waals surface area contributed by atoms with Crippen molar-refractivity contribution in [2.75, 3.05) is 44.6 Å². The van der Waals surface area contributed by atoms with Crippen LogP contribution in [0.25, 0.3) is 0 Å². The summed E-state index contributed by atoms with van der Waals surface area (Å²) in [5.74, 6) is 1.39. The fourth-order valence-corrected chi connectivity index (χ4v) is 4.39. The molecule has 29 heavy (non-hydrogen) atoms. The minimum absolute atomic E-state index is 0.0143. The number of benzene rings is 1. The molecule has 1 aromatic rings. The Morgan fingerprint density at radius 1 is 0.931 bits per heavy atom. The van der Waals surface area contributed by atoms with Crippen LogP contribution >= 0.6 is 0 Å². The van der Waals surface area contributed by atoms with Crippen molar-refractivity contribution < 1.29 is 9.59 Å². The number of anilines is 1. The first-order chi connectivity index (χ1) is 13.9. The Morgan fingerprint density at radius 2 is 1.52 bits per heavy atom. The Balaban J connectivity index is 1.36. The van der Waals surface area contributed by atoms with Crippen molar-refractivity contribution in [3.05, 3.63) is 29.8 Å². The topological polar surface area (TPSA) is 64.7 Å². The molecule has 1 aliphatic heterocycles. The third-order valence-electron chi connectivity index (χ3n) is 6.59. The Labute approximate surface area is 175 Å². The van der Waals surface area contributed by atoms with Crippen LogP contribution in [0.4, 0.5) is 5.69 Å². The van der Waals surface area contributed by atoms with Crippen LogP contribution in [-0.4, -0.2) is 66.9 Å². The Hall–Kier alpha value is -1.92. The minimum Gasteiger partial charge on any atom is -0.352 e. The van der Waals surface area contributed by atoms with Crippen molar-refractivity contribution >= 4 is 17.5 Å². The molecule has 0 bridgehead atoms. The minimum atomic E-state index is 0.0143. The molecule has 0 radical (unpaired) electrons. The van der Waals surface area contributed by atoms with E-state index in [0.717, 1.165) is 38.3 Å². The molecule has 1 aromatic carbocycles. The number of hydrogen-bond acceptors (Lipinski definition) is 4. The summed E-state index contributed by atoms with van der Waals surface area (Å²) in [6, 6.07) is 8.16. The van der Waals surface area contributed by atoms with Gasteiger partial charge in [-0.25, -0.2) is 0 Å². The number of nitrogens with zero attached hydrogens (tertiary/aromatic N) is 2. The van der Waals surface area contributed by atoms with Gasteiger partial charge in [-0.3, -0.25) is 19.4 Å².